The molecule has 1 aromatic heterocycles. The van der Waals surface area contributed by atoms with Gasteiger partial charge in [-0.25, -0.2) is 9.07 Å². The number of aryl methyl sites for hydroxylation is 3. The number of nitrogens with one attached hydrogen (secondary N) is 1. The molecule has 1 amide bonds. The number of carbonyl (C=O) groups excluding carboxylic acids is 1. The van der Waals surface area contributed by atoms with Crippen LogP contribution in [0.5, 0.6) is 0 Å². The maximum atomic E-state index is 14.1. The Hall–Kier alpha value is -3.02. The summed E-state index contributed by atoms with van der Waals surface area (Å²) >= 11 is 0. The molecule has 1 N–H and O–H groups in total. The Morgan fingerprint density at radius 1 is 1.08 bits per heavy atom. The van der Waals surface area contributed by atoms with Crippen LogP contribution in [-0.2, 0) is 7.05 Å². The van der Waals surface area contributed by atoms with Crippen molar-refractivity contribution in [2.24, 2.45) is 7.05 Å². The van der Waals surface area contributed by atoms with Gasteiger partial charge in [-0.05, 0) is 43.2 Å². The maximum Gasteiger partial charge on any atom is 0.262 e. The number of amides is 1. The molecule has 0 bridgehead atoms. The minimum atomic E-state index is -0.689. The minimum absolute atomic E-state index is 0.0897. The van der Waals surface area contributed by atoms with Gasteiger partial charge in [-0.15, -0.1) is 0 Å². The quantitative estimate of drug-likeness (QED) is 0.775. The number of nitrogens with zero attached hydrogens (tertiary/aromatic N) is 2. The highest BCUT2D eigenvalue weighted by molar-refractivity contribution is 6.07. The molecule has 0 atom stereocenters. The van der Waals surface area contributed by atoms with Crippen molar-refractivity contribution >= 4 is 11.6 Å². The number of halogens is 2. The largest absolute Gasteiger partial charge is 0.321 e. The van der Waals surface area contributed by atoms with E-state index in [9.17, 15) is 13.6 Å². The van der Waals surface area contributed by atoms with Crippen LogP contribution in [0.15, 0.2) is 42.5 Å². The molecule has 128 valence electrons. The lowest BCUT2D eigenvalue weighted by Gasteiger charge is -2.13. The van der Waals surface area contributed by atoms with E-state index >= 15 is 0 Å². The molecule has 0 saturated heterocycles. The van der Waals surface area contributed by atoms with Crippen LogP contribution in [0.25, 0.3) is 11.1 Å². The maximum absolute atomic E-state index is 14.1. The molecule has 0 aliphatic rings. The SMILES string of the molecule is Cc1cc(F)ccc1-c1ccccc1NC(=O)c1c(C)nn(C)c1F. The van der Waals surface area contributed by atoms with E-state index in [2.05, 4.69) is 10.4 Å². The summed E-state index contributed by atoms with van der Waals surface area (Å²) in [6, 6.07) is 11.6. The van der Waals surface area contributed by atoms with Crippen LogP contribution in [0.4, 0.5) is 14.5 Å². The van der Waals surface area contributed by atoms with Crippen molar-refractivity contribution in [3.63, 3.8) is 0 Å². The Kier molecular flexibility index (Phi) is 4.35. The fraction of sp³-hybridized carbons (Fsp3) is 0.158. The summed E-state index contributed by atoms with van der Waals surface area (Å²) in [5, 5.41) is 6.65. The second kappa shape index (κ2) is 6.47. The summed E-state index contributed by atoms with van der Waals surface area (Å²) in [6.07, 6.45) is 0. The highest BCUT2D eigenvalue weighted by Gasteiger charge is 2.21. The third kappa shape index (κ3) is 3.15. The Labute approximate surface area is 144 Å². The van der Waals surface area contributed by atoms with Crippen molar-refractivity contribution in [1.29, 1.82) is 0 Å². The fourth-order valence-corrected chi connectivity index (χ4v) is 2.83. The average molecular weight is 341 g/mol. The monoisotopic (exact) mass is 341 g/mol. The standard InChI is InChI=1S/C19H17F2N3O/c1-11-10-13(20)8-9-14(11)15-6-4-5-7-16(15)22-19(25)17-12(2)23-24(3)18(17)21/h4-10H,1-3H3,(H,22,25). The lowest BCUT2D eigenvalue weighted by molar-refractivity contribution is 0.102. The van der Waals surface area contributed by atoms with Gasteiger partial charge in [0.1, 0.15) is 11.4 Å². The molecule has 0 spiro atoms. The first-order valence-electron chi connectivity index (χ1n) is 7.74. The van der Waals surface area contributed by atoms with E-state index < -0.39 is 11.9 Å². The molecule has 1 heterocycles. The normalized spacial score (nSPS) is 10.8. The van der Waals surface area contributed by atoms with Gasteiger partial charge in [0.25, 0.3) is 5.91 Å². The van der Waals surface area contributed by atoms with Gasteiger partial charge < -0.3 is 5.32 Å². The van der Waals surface area contributed by atoms with Crippen LogP contribution in [0.2, 0.25) is 0 Å². The number of hydrogen-bond donors (Lipinski definition) is 1. The van der Waals surface area contributed by atoms with Crippen molar-refractivity contribution in [3.05, 3.63) is 71.1 Å². The van der Waals surface area contributed by atoms with Crippen molar-refractivity contribution < 1.29 is 13.6 Å². The molecule has 0 saturated carbocycles. The number of carbonyl (C=O) groups is 1. The Balaban J connectivity index is 2.00. The van der Waals surface area contributed by atoms with Crippen LogP contribution in [0, 0.1) is 25.6 Å². The van der Waals surface area contributed by atoms with Gasteiger partial charge in [-0.3, -0.25) is 4.79 Å². The van der Waals surface area contributed by atoms with E-state index in [0.717, 1.165) is 21.4 Å². The van der Waals surface area contributed by atoms with E-state index in [0.29, 0.717) is 11.4 Å². The first kappa shape index (κ1) is 16.8. The number of anilines is 1. The smallest absolute Gasteiger partial charge is 0.262 e. The van der Waals surface area contributed by atoms with Gasteiger partial charge in [-0.2, -0.15) is 9.49 Å². The Morgan fingerprint density at radius 3 is 2.44 bits per heavy atom. The molecule has 0 fully saturated rings. The van der Waals surface area contributed by atoms with Gasteiger partial charge >= 0.3 is 0 Å². The van der Waals surface area contributed by atoms with Crippen molar-refractivity contribution in [3.8, 4) is 11.1 Å². The van der Waals surface area contributed by atoms with E-state index in [4.69, 9.17) is 0 Å². The van der Waals surface area contributed by atoms with E-state index in [-0.39, 0.29) is 11.4 Å². The first-order valence-corrected chi connectivity index (χ1v) is 7.74. The zero-order chi connectivity index (χ0) is 18.1. The van der Waals surface area contributed by atoms with Crippen LogP contribution in [0.1, 0.15) is 21.6 Å². The van der Waals surface area contributed by atoms with Gasteiger partial charge in [0.15, 0.2) is 0 Å². The first-order chi connectivity index (χ1) is 11.9. The molecular formula is C19H17F2N3O. The molecule has 0 aliphatic heterocycles. The minimum Gasteiger partial charge on any atom is -0.321 e. The lowest BCUT2D eigenvalue weighted by Crippen LogP contribution is -2.15. The van der Waals surface area contributed by atoms with E-state index in [1.807, 2.05) is 12.1 Å². The highest BCUT2D eigenvalue weighted by atomic mass is 19.1. The van der Waals surface area contributed by atoms with Crippen molar-refractivity contribution in [1.82, 2.24) is 9.78 Å². The van der Waals surface area contributed by atoms with Crippen LogP contribution >= 0.6 is 0 Å². The fourth-order valence-electron chi connectivity index (χ4n) is 2.83. The summed E-state index contributed by atoms with van der Waals surface area (Å²) in [6.45, 7) is 3.37. The predicted octanol–water partition coefficient (Wildman–Crippen LogP) is 4.23. The van der Waals surface area contributed by atoms with Gasteiger partial charge in [-0.1, -0.05) is 24.3 Å². The van der Waals surface area contributed by atoms with Crippen molar-refractivity contribution in [2.75, 3.05) is 5.32 Å². The number of benzene rings is 2. The second-order valence-corrected chi connectivity index (χ2v) is 5.83. The molecule has 0 radical (unpaired) electrons. The van der Waals surface area contributed by atoms with E-state index in [1.54, 1.807) is 32.0 Å². The summed E-state index contributed by atoms with van der Waals surface area (Å²) < 4.78 is 28.5. The summed E-state index contributed by atoms with van der Waals surface area (Å²) in [5.41, 5.74) is 3.01. The molecule has 3 rings (SSSR count). The molecule has 2 aromatic carbocycles. The van der Waals surface area contributed by atoms with Crippen LogP contribution in [-0.4, -0.2) is 15.7 Å². The number of aromatic nitrogens is 2. The number of hydrogen-bond acceptors (Lipinski definition) is 2. The zero-order valence-electron chi connectivity index (χ0n) is 14.1. The average Bonchev–Trinajstić information content (AvgIpc) is 2.81. The molecule has 25 heavy (non-hydrogen) atoms. The molecular weight excluding hydrogens is 324 g/mol. The van der Waals surface area contributed by atoms with Gasteiger partial charge in [0.05, 0.1) is 5.69 Å². The summed E-state index contributed by atoms with van der Waals surface area (Å²) in [7, 11) is 1.44. The predicted molar refractivity (Wildman–Crippen MR) is 92.4 cm³/mol. The summed E-state index contributed by atoms with van der Waals surface area (Å²) in [5.74, 6) is -1.59. The third-order valence-electron chi connectivity index (χ3n) is 4.03. The van der Waals surface area contributed by atoms with Gasteiger partial charge in [0.2, 0.25) is 5.95 Å². The molecule has 0 unspecified atom stereocenters. The second-order valence-electron chi connectivity index (χ2n) is 5.83. The lowest BCUT2D eigenvalue weighted by atomic mass is 9.98. The Morgan fingerprint density at radius 2 is 1.80 bits per heavy atom. The van der Waals surface area contributed by atoms with Crippen molar-refractivity contribution in [2.45, 2.75) is 13.8 Å². The molecule has 6 heteroatoms. The molecule has 0 aliphatic carbocycles. The number of rotatable bonds is 3. The zero-order valence-corrected chi connectivity index (χ0v) is 14.1. The molecule has 3 aromatic rings. The highest BCUT2D eigenvalue weighted by Crippen LogP contribution is 2.31. The van der Waals surface area contributed by atoms with Crippen LogP contribution < -0.4 is 5.32 Å². The van der Waals surface area contributed by atoms with Crippen LogP contribution in [0.3, 0.4) is 0 Å². The summed E-state index contributed by atoms with van der Waals surface area (Å²) in [4.78, 5) is 12.5. The van der Waals surface area contributed by atoms with Gasteiger partial charge in [0, 0.05) is 18.3 Å². The molecule has 4 nitrogen and oxygen atoms in total. The Bertz CT molecular complexity index is 963. The topological polar surface area (TPSA) is 46.9 Å². The third-order valence-corrected chi connectivity index (χ3v) is 4.03. The number of para-hydroxylation sites is 1. The van der Waals surface area contributed by atoms with E-state index in [1.165, 1.54) is 19.2 Å².